The fourth-order valence-electron chi connectivity index (χ4n) is 3.57. The predicted octanol–water partition coefficient (Wildman–Crippen LogP) is 3.28. The van der Waals surface area contributed by atoms with Gasteiger partial charge in [0.1, 0.15) is 4.90 Å². The molecule has 2 aromatic rings. The van der Waals surface area contributed by atoms with E-state index in [0.717, 1.165) is 37.9 Å². The van der Waals surface area contributed by atoms with Gasteiger partial charge in [-0.15, -0.1) is 0 Å². The molecule has 1 amide bonds. The molecule has 1 aromatic carbocycles. The van der Waals surface area contributed by atoms with Crippen LogP contribution in [0.15, 0.2) is 15.4 Å². The lowest BCUT2D eigenvalue weighted by Gasteiger charge is -2.25. The number of hydrogen-bond donors (Lipinski definition) is 1. The van der Waals surface area contributed by atoms with E-state index in [1.54, 1.807) is 18.7 Å². The van der Waals surface area contributed by atoms with Crippen molar-refractivity contribution in [3.05, 3.63) is 28.5 Å². The van der Waals surface area contributed by atoms with Crippen LogP contribution in [0.4, 0.5) is 0 Å². The Bertz CT molecular complexity index is 954. The number of furan rings is 1. The van der Waals surface area contributed by atoms with Gasteiger partial charge >= 0.3 is 0 Å². The number of amides is 1. The number of benzene rings is 1. The van der Waals surface area contributed by atoms with Crippen molar-refractivity contribution in [3.63, 3.8) is 0 Å². The Morgan fingerprint density at radius 3 is 2.42 bits per heavy atom. The van der Waals surface area contributed by atoms with Crippen LogP contribution in [-0.2, 0) is 10.0 Å². The fraction of sp³-hybridized carbons (Fsp3) is 0.526. The van der Waals surface area contributed by atoms with Crippen LogP contribution in [-0.4, -0.2) is 38.9 Å². The Labute approximate surface area is 154 Å². The summed E-state index contributed by atoms with van der Waals surface area (Å²) in [5.74, 6) is 0.0975. The van der Waals surface area contributed by atoms with Crippen molar-refractivity contribution in [1.29, 1.82) is 0 Å². The van der Waals surface area contributed by atoms with Crippen LogP contribution >= 0.6 is 0 Å². The number of piperidine rings is 1. The van der Waals surface area contributed by atoms with Crippen LogP contribution in [0.1, 0.15) is 53.4 Å². The van der Waals surface area contributed by atoms with Crippen molar-refractivity contribution in [2.75, 3.05) is 19.6 Å². The topological polar surface area (TPSA) is 79.6 Å². The molecule has 1 aliphatic rings. The van der Waals surface area contributed by atoms with E-state index < -0.39 is 10.0 Å². The Hall–Kier alpha value is -1.86. The van der Waals surface area contributed by atoms with Crippen molar-refractivity contribution < 1.29 is 17.6 Å². The van der Waals surface area contributed by atoms with Gasteiger partial charge in [-0.1, -0.05) is 6.92 Å². The molecule has 1 aliphatic heterocycles. The third-order valence-electron chi connectivity index (χ3n) is 5.13. The molecule has 1 fully saturated rings. The van der Waals surface area contributed by atoms with Gasteiger partial charge in [0, 0.05) is 30.6 Å². The van der Waals surface area contributed by atoms with Gasteiger partial charge in [-0.25, -0.2) is 13.1 Å². The highest BCUT2D eigenvalue weighted by Gasteiger charge is 2.29. The minimum absolute atomic E-state index is 0.134. The standard InChI is InChI=1S/C19H26N2O4S/c1-5-20-26(23,24)18-13(3)12(2)11-15-14(4)16(25-17(15)18)19(22)21-9-7-6-8-10-21/h11,20H,5-10H2,1-4H3. The number of carbonyl (C=O) groups is 1. The van der Waals surface area contributed by atoms with Gasteiger partial charge in [0.05, 0.1) is 0 Å². The van der Waals surface area contributed by atoms with E-state index in [0.29, 0.717) is 16.5 Å². The number of aryl methyl sites for hydroxylation is 2. The zero-order valence-electron chi connectivity index (χ0n) is 15.8. The zero-order valence-corrected chi connectivity index (χ0v) is 16.6. The molecule has 3 rings (SSSR count). The maximum absolute atomic E-state index is 12.9. The number of rotatable bonds is 4. The molecule has 1 saturated heterocycles. The maximum atomic E-state index is 12.9. The Kier molecular flexibility index (Phi) is 5.12. The lowest BCUT2D eigenvalue weighted by molar-refractivity contribution is 0.0693. The summed E-state index contributed by atoms with van der Waals surface area (Å²) >= 11 is 0. The summed E-state index contributed by atoms with van der Waals surface area (Å²) in [6.45, 7) is 8.92. The number of nitrogens with one attached hydrogen (secondary N) is 1. The van der Waals surface area contributed by atoms with E-state index in [1.165, 1.54) is 0 Å². The number of likely N-dealkylation sites (tertiary alicyclic amines) is 1. The molecule has 1 N–H and O–H groups in total. The molecule has 0 unspecified atom stereocenters. The number of nitrogens with zero attached hydrogens (tertiary/aromatic N) is 1. The molecular weight excluding hydrogens is 352 g/mol. The summed E-state index contributed by atoms with van der Waals surface area (Å²) in [7, 11) is -3.71. The summed E-state index contributed by atoms with van der Waals surface area (Å²) in [5.41, 5.74) is 2.47. The molecule has 0 saturated carbocycles. The minimum atomic E-state index is -3.71. The molecule has 0 spiro atoms. The van der Waals surface area contributed by atoms with E-state index in [1.807, 2.05) is 19.9 Å². The number of fused-ring (bicyclic) bond motifs is 1. The predicted molar refractivity (Wildman–Crippen MR) is 101 cm³/mol. The molecule has 0 atom stereocenters. The van der Waals surface area contributed by atoms with Crippen molar-refractivity contribution in [1.82, 2.24) is 9.62 Å². The van der Waals surface area contributed by atoms with E-state index >= 15 is 0 Å². The van der Waals surface area contributed by atoms with Crippen LogP contribution in [0, 0.1) is 20.8 Å². The summed E-state index contributed by atoms with van der Waals surface area (Å²) in [4.78, 5) is 14.8. The first kappa shape index (κ1) is 18.9. The van der Waals surface area contributed by atoms with Crippen LogP contribution in [0.3, 0.4) is 0 Å². The van der Waals surface area contributed by atoms with Crippen LogP contribution < -0.4 is 4.72 Å². The van der Waals surface area contributed by atoms with Crippen molar-refractivity contribution >= 4 is 26.9 Å². The smallest absolute Gasteiger partial charge is 0.289 e. The zero-order chi connectivity index (χ0) is 19.1. The Morgan fingerprint density at radius 1 is 1.15 bits per heavy atom. The minimum Gasteiger partial charge on any atom is -0.449 e. The highest BCUT2D eigenvalue weighted by molar-refractivity contribution is 7.89. The van der Waals surface area contributed by atoms with Gasteiger partial charge in [0.25, 0.3) is 5.91 Å². The quantitative estimate of drug-likeness (QED) is 0.885. The first-order valence-corrected chi connectivity index (χ1v) is 10.6. The largest absolute Gasteiger partial charge is 0.449 e. The van der Waals surface area contributed by atoms with Gasteiger partial charge in [0.2, 0.25) is 10.0 Å². The molecule has 1 aromatic heterocycles. The highest BCUT2D eigenvalue weighted by Crippen LogP contribution is 2.35. The molecule has 2 heterocycles. The van der Waals surface area contributed by atoms with Gasteiger partial charge in [-0.3, -0.25) is 4.79 Å². The Balaban J connectivity index is 2.20. The first-order valence-electron chi connectivity index (χ1n) is 9.10. The fourth-order valence-corrected chi connectivity index (χ4v) is 5.06. The molecule has 142 valence electrons. The number of carbonyl (C=O) groups excluding carboxylic acids is 1. The lowest BCUT2D eigenvalue weighted by atomic mass is 10.0. The molecule has 7 heteroatoms. The van der Waals surface area contributed by atoms with Gasteiger partial charge < -0.3 is 9.32 Å². The molecule has 26 heavy (non-hydrogen) atoms. The monoisotopic (exact) mass is 378 g/mol. The molecular formula is C19H26N2O4S. The second kappa shape index (κ2) is 7.04. The van der Waals surface area contributed by atoms with Crippen LogP contribution in [0.2, 0.25) is 0 Å². The molecule has 0 bridgehead atoms. The first-order chi connectivity index (χ1) is 12.3. The van der Waals surface area contributed by atoms with Gasteiger partial charge in [0.15, 0.2) is 11.3 Å². The SMILES string of the molecule is CCNS(=O)(=O)c1c(C)c(C)cc2c(C)c(C(=O)N3CCCCC3)oc12. The van der Waals surface area contributed by atoms with E-state index in [2.05, 4.69) is 4.72 Å². The average molecular weight is 378 g/mol. The molecule has 0 aliphatic carbocycles. The van der Waals surface area contributed by atoms with Crippen molar-refractivity contribution in [2.45, 2.75) is 51.9 Å². The number of hydrogen-bond acceptors (Lipinski definition) is 4. The van der Waals surface area contributed by atoms with Crippen molar-refractivity contribution in [3.8, 4) is 0 Å². The summed E-state index contributed by atoms with van der Waals surface area (Å²) in [6, 6.07) is 1.90. The summed E-state index contributed by atoms with van der Waals surface area (Å²) in [5, 5.41) is 0.685. The van der Waals surface area contributed by atoms with E-state index in [9.17, 15) is 13.2 Å². The van der Waals surface area contributed by atoms with Gasteiger partial charge in [-0.05, 0) is 57.2 Å². The van der Waals surface area contributed by atoms with Gasteiger partial charge in [-0.2, -0.15) is 0 Å². The third kappa shape index (κ3) is 3.14. The molecule has 6 nitrogen and oxygen atoms in total. The Morgan fingerprint density at radius 2 is 1.81 bits per heavy atom. The average Bonchev–Trinajstić information content (AvgIpc) is 2.92. The second-order valence-electron chi connectivity index (χ2n) is 6.93. The third-order valence-corrected chi connectivity index (χ3v) is 6.83. The van der Waals surface area contributed by atoms with E-state index in [-0.39, 0.29) is 28.7 Å². The second-order valence-corrected chi connectivity index (χ2v) is 8.64. The maximum Gasteiger partial charge on any atom is 0.289 e. The normalized spacial score (nSPS) is 15.6. The molecule has 0 radical (unpaired) electrons. The van der Waals surface area contributed by atoms with Crippen LogP contribution in [0.25, 0.3) is 11.0 Å². The number of sulfonamides is 1. The van der Waals surface area contributed by atoms with E-state index in [4.69, 9.17) is 4.42 Å². The summed E-state index contributed by atoms with van der Waals surface area (Å²) < 4.78 is 33.9. The highest BCUT2D eigenvalue weighted by atomic mass is 32.2. The van der Waals surface area contributed by atoms with Crippen molar-refractivity contribution in [2.24, 2.45) is 0 Å². The lowest BCUT2D eigenvalue weighted by Crippen LogP contribution is -2.35. The van der Waals surface area contributed by atoms with Crippen LogP contribution in [0.5, 0.6) is 0 Å². The summed E-state index contributed by atoms with van der Waals surface area (Å²) in [6.07, 6.45) is 3.11.